The summed E-state index contributed by atoms with van der Waals surface area (Å²) in [6.07, 6.45) is 12.6. The van der Waals surface area contributed by atoms with Gasteiger partial charge in [0.2, 0.25) is 10.0 Å². The van der Waals surface area contributed by atoms with E-state index in [9.17, 15) is 18.3 Å². The minimum Gasteiger partial charge on any atom is -0.390 e. The molecule has 1 heterocycles. The number of hydrogen-bond acceptors (Lipinski definition) is 5. The molecule has 6 nitrogen and oxygen atoms in total. The average Bonchev–Trinajstić information content (AvgIpc) is 3.16. The molecule has 0 spiro atoms. The topological polar surface area (TPSA) is 77.9 Å². The van der Waals surface area contributed by atoms with Gasteiger partial charge in [-0.25, -0.2) is 8.42 Å². The van der Waals surface area contributed by atoms with E-state index >= 15 is 0 Å². The molecule has 5 fully saturated rings. The smallest absolute Gasteiger partial charge is 0.211 e. The maximum absolute atomic E-state index is 13.5. The third-order valence-corrected chi connectivity index (χ3v) is 12.6. The lowest BCUT2D eigenvalue weighted by Gasteiger charge is -2.57. The Hall–Kier alpha value is -0.500. The Labute approximate surface area is 206 Å². The fourth-order valence-corrected chi connectivity index (χ4v) is 10.2. The molecule has 1 aliphatic heterocycles. The predicted molar refractivity (Wildman–Crippen MR) is 134 cm³/mol. The van der Waals surface area contributed by atoms with Crippen LogP contribution in [0.4, 0.5) is 0 Å². The normalized spacial score (nSPS) is 45.9. The Morgan fingerprint density at radius 2 is 1.65 bits per heavy atom. The molecule has 0 aromatic rings. The van der Waals surface area contributed by atoms with Crippen LogP contribution in [0.25, 0.3) is 0 Å². The van der Waals surface area contributed by atoms with E-state index in [-0.39, 0.29) is 11.3 Å². The number of carbonyl (C=O) groups is 1. The van der Waals surface area contributed by atoms with Crippen LogP contribution >= 0.6 is 0 Å². The Bertz CT molecular complexity index is 885. The lowest BCUT2D eigenvalue weighted by atomic mass is 9.48. The second-order valence-electron chi connectivity index (χ2n) is 12.8. The predicted octanol–water partition coefficient (Wildman–Crippen LogP) is 3.54. The van der Waals surface area contributed by atoms with Gasteiger partial charge in [-0.1, -0.05) is 13.8 Å². The summed E-state index contributed by atoms with van der Waals surface area (Å²) in [5.41, 5.74) is -0.284. The maximum atomic E-state index is 13.5. The van der Waals surface area contributed by atoms with Gasteiger partial charge in [0.15, 0.2) is 0 Å². The molecule has 5 rings (SSSR count). The minimum absolute atomic E-state index is 0.137. The largest absolute Gasteiger partial charge is 0.390 e. The van der Waals surface area contributed by atoms with Crippen molar-refractivity contribution < 1.29 is 18.3 Å². The van der Waals surface area contributed by atoms with Gasteiger partial charge in [0.1, 0.15) is 5.78 Å². The number of carbonyl (C=O) groups excluding carboxylic acids is 1. The Morgan fingerprint density at radius 1 is 0.941 bits per heavy atom. The molecule has 4 saturated carbocycles. The molecular formula is C27H46N2O4S. The van der Waals surface area contributed by atoms with Gasteiger partial charge in [0, 0.05) is 32.1 Å². The number of rotatable bonds is 5. The zero-order valence-corrected chi connectivity index (χ0v) is 22.4. The molecule has 0 aromatic heterocycles. The summed E-state index contributed by atoms with van der Waals surface area (Å²) in [5, 5.41) is 10.9. The molecule has 0 aromatic carbocycles. The first-order valence-corrected chi connectivity index (χ1v) is 15.8. The van der Waals surface area contributed by atoms with E-state index in [2.05, 4.69) is 18.7 Å². The van der Waals surface area contributed by atoms with Crippen molar-refractivity contribution in [3.8, 4) is 0 Å². The average molecular weight is 495 g/mol. The summed E-state index contributed by atoms with van der Waals surface area (Å²) in [6, 6.07) is 0. The number of nitrogens with zero attached hydrogens (tertiary/aromatic N) is 2. The van der Waals surface area contributed by atoms with E-state index in [0.29, 0.717) is 50.3 Å². The zero-order valence-electron chi connectivity index (χ0n) is 21.5. The van der Waals surface area contributed by atoms with E-state index in [0.717, 1.165) is 43.4 Å². The maximum Gasteiger partial charge on any atom is 0.211 e. The van der Waals surface area contributed by atoms with Crippen LogP contribution in [-0.4, -0.2) is 73.1 Å². The highest BCUT2D eigenvalue weighted by molar-refractivity contribution is 7.88. The first kappa shape index (κ1) is 25.2. The SMILES string of the molecule is CC[C@@]1(O)CC[C@H]2[C@H](CC[C@@H]3[C@@H]2CC[C@]2(C)[C@@H](C(=O)CN4CCN(S(C)(=O)=O)CC4)CC[C@@H]32)C1. The summed E-state index contributed by atoms with van der Waals surface area (Å²) >= 11 is 0. The lowest BCUT2D eigenvalue weighted by molar-refractivity contribution is -0.134. The van der Waals surface area contributed by atoms with E-state index in [1.165, 1.54) is 49.1 Å². The monoisotopic (exact) mass is 494 g/mol. The molecule has 7 heteroatoms. The molecule has 0 unspecified atom stereocenters. The van der Waals surface area contributed by atoms with E-state index in [4.69, 9.17) is 0 Å². The minimum atomic E-state index is -3.14. The van der Waals surface area contributed by atoms with Gasteiger partial charge >= 0.3 is 0 Å². The third-order valence-electron chi connectivity index (χ3n) is 11.3. The van der Waals surface area contributed by atoms with Crippen molar-refractivity contribution in [3.63, 3.8) is 0 Å². The molecule has 4 aliphatic carbocycles. The van der Waals surface area contributed by atoms with Crippen molar-refractivity contribution in [1.82, 2.24) is 9.21 Å². The Kier molecular flexibility index (Phi) is 6.74. The Morgan fingerprint density at radius 3 is 2.32 bits per heavy atom. The van der Waals surface area contributed by atoms with Crippen LogP contribution in [0.15, 0.2) is 0 Å². The molecule has 194 valence electrons. The van der Waals surface area contributed by atoms with Gasteiger partial charge < -0.3 is 5.11 Å². The van der Waals surface area contributed by atoms with Gasteiger partial charge in [-0.05, 0) is 99.2 Å². The van der Waals surface area contributed by atoms with Crippen LogP contribution in [0.2, 0.25) is 0 Å². The van der Waals surface area contributed by atoms with E-state index in [1.807, 2.05) is 0 Å². The third kappa shape index (κ3) is 4.41. The molecule has 0 amide bonds. The first-order chi connectivity index (χ1) is 16.0. The van der Waals surface area contributed by atoms with Crippen LogP contribution in [0.3, 0.4) is 0 Å². The highest BCUT2D eigenvalue weighted by Crippen LogP contribution is 2.64. The van der Waals surface area contributed by atoms with Crippen molar-refractivity contribution in [3.05, 3.63) is 0 Å². The van der Waals surface area contributed by atoms with Crippen molar-refractivity contribution >= 4 is 15.8 Å². The van der Waals surface area contributed by atoms with Crippen LogP contribution in [0.5, 0.6) is 0 Å². The molecule has 0 radical (unpaired) electrons. The standard InChI is InChI=1S/C27H46N2O4S/c1-4-27(31)12-10-20-19(17-27)5-6-22-21(20)9-11-26(2)23(22)7-8-24(26)25(30)18-28-13-15-29(16-14-28)34(3,32)33/h19-24,31H,4-18H2,1-3H3/t19-,20+,21-,22-,23+,24-,26+,27-/m1/s1. The summed E-state index contributed by atoms with van der Waals surface area (Å²) < 4.78 is 25.1. The lowest BCUT2D eigenvalue weighted by Crippen LogP contribution is -2.53. The number of hydrogen-bond donors (Lipinski definition) is 1. The highest BCUT2D eigenvalue weighted by Gasteiger charge is 2.58. The summed E-state index contributed by atoms with van der Waals surface area (Å²) in [5.74, 6) is 4.30. The first-order valence-electron chi connectivity index (χ1n) is 14.0. The van der Waals surface area contributed by atoms with Crippen molar-refractivity contribution in [2.24, 2.45) is 40.9 Å². The van der Waals surface area contributed by atoms with Crippen LogP contribution in [0.1, 0.15) is 78.1 Å². The summed E-state index contributed by atoms with van der Waals surface area (Å²) in [7, 11) is -3.14. The molecule has 1 saturated heterocycles. The highest BCUT2D eigenvalue weighted by atomic mass is 32.2. The number of ketones is 1. The summed E-state index contributed by atoms with van der Waals surface area (Å²) in [4.78, 5) is 15.7. The summed E-state index contributed by atoms with van der Waals surface area (Å²) in [6.45, 7) is 7.35. The molecule has 1 N–H and O–H groups in total. The van der Waals surface area contributed by atoms with Crippen LogP contribution in [0, 0.1) is 40.9 Å². The fourth-order valence-electron chi connectivity index (χ4n) is 9.36. The van der Waals surface area contributed by atoms with Gasteiger partial charge in [-0.3, -0.25) is 9.69 Å². The van der Waals surface area contributed by atoms with E-state index < -0.39 is 15.6 Å². The molecule has 0 bridgehead atoms. The second kappa shape index (κ2) is 9.11. The van der Waals surface area contributed by atoms with Crippen molar-refractivity contribution in [1.29, 1.82) is 0 Å². The van der Waals surface area contributed by atoms with Crippen molar-refractivity contribution in [2.45, 2.75) is 83.7 Å². The molecule has 8 atom stereocenters. The molecular weight excluding hydrogens is 448 g/mol. The van der Waals surface area contributed by atoms with Gasteiger partial charge in [0.05, 0.1) is 18.4 Å². The molecule has 34 heavy (non-hydrogen) atoms. The fraction of sp³-hybridized carbons (Fsp3) is 0.963. The quantitative estimate of drug-likeness (QED) is 0.633. The number of aliphatic hydroxyl groups is 1. The number of Topliss-reactive ketones (excluding diaryl/α,β-unsaturated/α-hetero) is 1. The van der Waals surface area contributed by atoms with Gasteiger partial charge in [-0.15, -0.1) is 0 Å². The Balaban J connectivity index is 1.21. The number of fused-ring (bicyclic) bond motifs is 5. The number of piperazine rings is 1. The molecule has 5 aliphatic rings. The number of sulfonamides is 1. The van der Waals surface area contributed by atoms with E-state index in [1.54, 1.807) is 0 Å². The van der Waals surface area contributed by atoms with Crippen LogP contribution < -0.4 is 0 Å². The van der Waals surface area contributed by atoms with Crippen LogP contribution in [-0.2, 0) is 14.8 Å². The zero-order chi connectivity index (χ0) is 24.3. The van der Waals surface area contributed by atoms with Gasteiger partial charge in [-0.2, -0.15) is 4.31 Å². The van der Waals surface area contributed by atoms with Crippen molar-refractivity contribution in [2.75, 3.05) is 39.0 Å². The second-order valence-corrected chi connectivity index (χ2v) is 14.8. The van der Waals surface area contributed by atoms with Gasteiger partial charge in [0.25, 0.3) is 0 Å².